The second-order valence-corrected chi connectivity index (χ2v) is 5.11. The van der Waals surface area contributed by atoms with Crippen LogP contribution in [0.5, 0.6) is 0 Å². The minimum Gasteiger partial charge on any atom is -0.383 e. The zero-order valence-electron chi connectivity index (χ0n) is 11.1. The number of methoxy groups -OCH3 is 1. The number of hydrogen-bond acceptors (Lipinski definition) is 2. The van der Waals surface area contributed by atoms with E-state index in [-0.39, 0.29) is 0 Å². The third kappa shape index (κ3) is 5.13. The van der Waals surface area contributed by atoms with Gasteiger partial charge in [0.2, 0.25) is 0 Å². The molecule has 1 aliphatic rings. The summed E-state index contributed by atoms with van der Waals surface area (Å²) in [5, 5.41) is 3.45. The van der Waals surface area contributed by atoms with Crippen molar-refractivity contribution in [1.82, 2.24) is 5.32 Å². The molecule has 0 amide bonds. The van der Waals surface area contributed by atoms with Gasteiger partial charge in [0.25, 0.3) is 0 Å². The highest BCUT2D eigenvalue weighted by molar-refractivity contribution is 5.09. The van der Waals surface area contributed by atoms with Crippen LogP contribution in [0.25, 0.3) is 0 Å². The molecule has 0 atom stereocenters. The van der Waals surface area contributed by atoms with Gasteiger partial charge in [-0.2, -0.15) is 0 Å². The molecule has 1 aliphatic carbocycles. The molecule has 1 rings (SSSR count). The van der Waals surface area contributed by atoms with E-state index in [2.05, 4.69) is 25.2 Å². The van der Waals surface area contributed by atoms with Gasteiger partial charge in [0.15, 0.2) is 0 Å². The molecule has 0 aliphatic heterocycles. The summed E-state index contributed by atoms with van der Waals surface area (Å²) in [6.45, 7) is 7.36. The van der Waals surface area contributed by atoms with Crippen molar-refractivity contribution >= 4 is 0 Å². The Bertz CT molecular complexity index is 205. The molecule has 0 bridgehead atoms. The lowest BCUT2D eigenvalue weighted by molar-refractivity contribution is 0.200. The van der Waals surface area contributed by atoms with Gasteiger partial charge in [0.05, 0.1) is 6.61 Å². The molecule has 0 spiro atoms. The fraction of sp³-hybridized carbons (Fsp3) is 0.857. The summed E-state index contributed by atoms with van der Waals surface area (Å²) >= 11 is 0. The molecule has 0 aromatic rings. The summed E-state index contributed by atoms with van der Waals surface area (Å²) in [6.07, 6.45) is 8.16. The van der Waals surface area contributed by atoms with E-state index >= 15 is 0 Å². The van der Waals surface area contributed by atoms with Gasteiger partial charge in [-0.05, 0) is 24.7 Å². The predicted molar refractivity (Wildman–Crippen MR) is 69.6 cm³/mol. The lowest BCUT2D eigenvalue weighted by Gasteiger charge is -2.15. The van der Waals surface area contributed by atoms with Crippen molar-refractivity contribution < 1.29 is 4.74 Å². The normalized spacial score (nSPS) is 18.6. The molecule has 2 heteroatoms. The largest absolute Gasteiger partial charge is 0.383 e. The summed E-state index contributed by atoms with van der Waals surface area (Å²) in [7, 11) is 1.75. The predicted octanol–water partition coefficient (Wildman–Crippen LogP) is 3.00. The van der Waals surface area contributed by atoms with Crippen LogP contribution in [0.4, 0.5) is 0 Å². The van der Waals surface area contributed by atoms with Crippen LogP contribution in [0.3, 0.4) is 0 Å². The van der Waals surface area contributed by atoms with Crippen LogP contribution in [0.2, 0.25) is 0 Å². The highest BCUT2D eigenvalue weighted by atomic mass is 16.5. The zero-order valence-corrected chi connectivity index (χ0v) is 11.1. The van der Waals surface area contributed by atoms with Gasteiger partial charge in [-0.1, -0.05) is 38.3 Å². The highest BCUT2D eigenvalue weighted by Crippen LogP contribution is 2.27. The van der Waals surface area contributed by atoms with Gasteiger partial charge in [0.1, 0.15) is 0 Å². The molecule has 0 heterocycles. The Kier molecular flexibility index (Phi) is 6.74. The first kappa shape index (κ1) is 13.7. The molecule has 2 nitrogen and oxygen atoms in total. The number of allylic oxidation sites excluding steroid dienone is 1. The molecule has 0 saturated heterocycles. The van der Waals surface area contributed by atoms with E-state index in [0.29, 0.717) is 5.92 Å². The smallest absolute Gasteiger partial charge is 0.0587 e. The standard InChI is InChI=1S/C14H27NO/c1-12(2)14(11-15-8-9-16-3)10-13-6-4-5-7-13/h10,12-13,15H,4-9,11H2,1-3H3. The Morgan fingerprint density at radius 3 is 2.62 bits per heavy atom. The van der Waals surface area contributed by atoms with Crippen LogP contribution in [-0.4, -0.2) is 26.8 Å². The Hall–Kier alpha value is -0.340. The molecule has 0 radical (unpaired) electrons. The monoisotopic (exact) mass is 225 g/mol. The van der Waals surface area contributed by atoms with Crippen molar-refractivity contribution in [2.45, 2.75) is 39.5 Å². The number of nitrogens with one attached hydrogen (secondary N) is 1. The molecule has 1 saturated carbocycles. The molecule has 94 valence electrons. The van der Waals surface area contributed by atoms with Crippen molar-refractivity contribution in [2.24, 2.45) is 11.8 Å². The molecule has 1 fully saturated rings. The van der Waals surface area contributed by atoms with E-state index in [0.717, 1.165) is 25.6 Å². The summed E-state index contributed by atoms with van der Waals surface area (Å²) in [6, 6.07) is 0. The van der Waals surface area contributed by atoms with Crippen molar-refractivity contribution in [3.63, 3.8) is 0 Å². The lowest BCUT2D eigenvalue weighted by atomic mass is 9.96. The average Bonchev–Trinajstić information content (AvgIpc) is 2.75. The van der Waals surface area contributed by atoms with Crippen LogP contribution >= 0.6 is 0 Å². The SMILES string of the molecule is COCCNCC(=CC1CCCC1)C(C)C. The van der Waals surface area contributed by atoms with Gasteiger partial charge in [0, 0.05) is 20.2 Å². The Morgan fingerprint density at radius 1 is 1.38 bits per heavy atom. The zero-order chi connectivity index (χ0) is 11.8. The third-order valence-electron chi connectivity index (χ3n) is 3.40. The van der Waals surface area contributed by atoms with Crippen LogP contribution in [0, 0.1) is 11.8 Å². The van der Waals surface area contributed by atoms with E-state index in [4.69, 9.17) is 4.74 Å². The minimum atomic E-state index is 0.663. The molecule has 1 N–H and O–H groups in total. The van der Waals surface area contributed by atoms with E-state index < -0.39 is 0 Å². The van der Waals surface area contributed by atoms with Crippen LogP contribution < -0.4 is 5.32 Å². The lowest BCUT2D eigenvalue weighted by Crippen LogP contribution is -2.23. The summed E-state index contributed by atoms with van der Waals surface area (Å²) in [5.74, 6) is 1.51. The Balaban J connectivity index is 2.34. The first-order valence-corrected chi connectivity index (χ1v) is 6.64. The maximum Gasteiger partial charge on any atom is 0.0587 e. The van der Waals surface area contributed by atoms with E-state index in [1.54, 1.807) is 12.7 Å². The molecule has 0 aromatic heterocycles. The molecule has 0 unspecified atom stereocenters. The summed E-state index contributed by atoms with van der Waals surface area (Å²) < 4.78 is 5.04. The van der Waals surface area contributed by atoms with Gasteiger partial charge in [-0.15, -0.1) is 0 Å². The van der Waals surface area contributed by atoms with Crippen LogP contribution in [0.15, 0.2) is 11.6 Å². The average molecular weight is 225 g/mol. The van der Waals surface area contributed by atoms with Gasteiger partial charge >= 0.3 is 0 Å². The highest BCUT2D eigenvalue weighted by Gasteiger charge is 2.14. The van der Waals surface area contributed by atoms with Crippen molar-refractivity contribution in [3.8, 4) is 0 Å². The number of ether oxygens (including phenoxy) is 1. The maximum atomic E-state index is 5.04. The maximum absolute atomic E-state index is 5.04. The van der Waals surface area contributed by atoms with Crippen molar-refractivity contribution in [1.29, 1.82) is 0 Å². The summed E-state index contributed by atoms with van der Waals surface area (Å²) in [5.41, 5.74) is 1.57. The van der Waals surface area contributed by atoms with Gasteiger partial charge < -0.3 is 10.1 Å². The van der Waals surface area contributed by atoms with Crippen LogP contribution in [0.1, 0.15) is 39.5 Å². The van der Waals surface area contributed by atoms with E-state index in [9.17, 15) is 0 Å². The molecule has 16 heavy (non-hydrogen) atoms. The topological polar surface area (TPSA) is 21.3 Å². The first-order valence-electron chi connectivity index (χ1n) is 6.64. The minimum absolute atomic E-state index is 0.663. The van der Waals surface area contributed by atoms with Crippen molar-refractivity contribution in [2.75, 3.05) is 26.8 Å². The van der Waals surface area contributed by atoms with Gasteiger partial charge in [-0.3, -0.25) is 0 Å². The third-order valence-corrected chi connectivity index (χ3v) is 3.40. The van der Waals surface area contributed by atoms with E-state index in [1.165, 1.54) is 25.7 Å². The summed E-state index contributed by atoms with van der Waals surface area (Å²) in [4.78, 5) is 0. The van der Waals surface area contributed by atoms with Gasteiger partial charge in [-0.25, -0.2) is 0 Å². The molecule has 0 aromatic carbocycles. The Morgan fingerprint density at radius 2 is 2.06 bits per heavy atom. The second-order valence-electron chi connectivity index (χ2n) is 5.11. The first-order chi connectivity index (χ1) is 7.74. The van der Waals surface area contributed by atoms with E-state index in [1.807, 2.05) is 0 Å². The number of hydrogen-bond donors (Lipinski definition) is 1. The Labute approximate surface area is 100 Å². The number of rotatable bonds is 7. The fourth-order valence-electron chi connectivity index (χ4n) is 2.29. The molecular weight excluding hydrogens is 198 g/mol. The molecular formula is C14H27NO. The van der Waals surface area contributed by atoms with Crippen molar-refractivity contribution in [3.05, 3.63) is 11.6 Å². The van der Waals surface area contributed by atoms with Crippen LogP contribution in [-0.2, 0) is 4.74 Å². The quantitative estimate of drug-likeness (QED) is 0.531. The second kappa shape index (κ2) is 7.86. The fourth-order valence-corrected chi connectivity index (χ4v) is 2.29.